The number of aromatic nitrogens is 2. The normalized spacial score (nSPS) is 13.8. The zero-order valence-electron chi connectivity index (χ0n) is 19.1. The quantitative estimate of drug-likeness (QED) is 0.622. The van der Waals surface area contributed by atoms with Crippen LogP contribution in [-0.4, -0.2) is 47.1 Å². The summed E-state index contributed by atoms with van der Waals surface area (Å²) in [5.74, 6) is 1.46. The molecular weight excluding hydrogens is 400 g/mol. The minimum absolute atomic E-state index is 0.0662. The molecule has 0 aliphatic carbocycles. The van der Waals surface area contributed by atoms with Crippen molar-refractivity contribution in [3.05, 3.63) is 70.9 Å². The number of aryl methyl sites for hydroxylation is 4. The third-order valence-electron chi connectivity index (χ3n) is 5.64. The van der Waals surface area contributed by atoms with Gasteiger partial charge in [-0.25, -0.2) is 9.78 Å². The summed E-state index contributed by atoms with van der Waals surface area (Å²) in [6.45, 7) is 10.7. The summed E-state index contributed by atoms with van der Waals surface area (Å²) in [5, 5.41) is 6.40. The van der Waals surface area contributed by atoms with Crippen LogP contribution in [0.15, 0.2) is 48.5 Å². The van der Waals surface area contributed by atoms with Crippen molar-refractivity contribution in [2.45, 2.75) is 27.7 Å². The van der Waals surface area contributed by atoms with E-state index in [0.717, 1.165) is 28.5 Å². The second-order valence-electron chi connectivity index (χ2n) is 8.41. The highest BCUT2D eigenvalue weighted by atomic mass is 16.2. The predicted molar refractivity (Wildman–Crippen MR) is 130 cm³/mol. The number of urea groups is 1. The highest BCUT2D eigenvalue weighted by molar-refractivity contribution is 5.90. The van der Waals surface area contributed by atoms with Crippen LogP contribution < -0.4 is 15.5 Å². The lowest BCUT2D eigenvalue weighted by Crippen LogP contribution is -2.50. The molecule has 7 nitrogen and oxygen atoms in total. The van der Waals surface area contributed by atoms with Crippen LogP contribution in [0, 0.1) is 27.7 Å². The van der Waals surface area contributed by atoms with E-state index in [1.54, 1.807) is 0 Å². The fraction of sp³-hybridized carbons (Fsp3) is 0.320. The van der Waals surface area contributed by atoms with Crippen LogP contribution in [0.25, 0.3) is 0 Å². The predicted octanol–water partition coefficient (Wildman–Crippen LogP) is 4.81. The van der Waals surface area contributed by atoms with E-state index in [1.165, 1.54) is 11.1 Å². The molecule has 1 aliphatic heterocycles. The van der Waals surface area contributed by atoms with Crippen LogP contribution in [0.5, 0.6) is 0 Å². The van der Waals surface area contributed by atoms with E-state index in [-0.39, 0.29) is 6.03 Å². The molecular formula is C25H30N6O. The van der Waals surface area contributed by atoms with Crippen molar-refractivity contribution < 1.29 is 4.79 Å². The number of carbonyl (C=O) groups excluding carboxylic acids is 1. The third-order valence-corrected chi connectivity index (χ3v) is 5.64. The van der Waals surface area contributed by atoms with Crippen molar-refractivity contribution in [2.24, 2.45) is 0 Å². The SMILES string of the molecule is Cc1ccc(Nc2cc(C)nc(N3CCN(C(=O)Nc4ccc(C)cc4C)CC3)n2)cc1. The van der Waals surface area contributed by atoms with Gasteiger partial charge in [0.05, 0.1) is 0 Å². The van der Waals surface area contributed by atoms with Gasteiger partial charge in [-0.3, -0.25) is 0 Å². The number of hydrogen-bond acceptors (Lipinski definition) is 5. The van der Waals surface area contributed by atoms with Gasteiger partial charge in [-0.2, -0.15) is 4.98 Å². The fourth-order valence-electron chi connectivity index (χ4n) is 3.80. The summed E-state index contributed by atoms with van der Waals surface area (Å²) in [7, 11) is 0. The number of rotatable bonds is 4. The first-order chi connectivity index (χ1) is 15.4. The van der Waals surface area contributed by atoms with Crippen LogP contribution in [-0.2, 0) is 0 Å². The van der Waals surface area contributed by atoms with Gasteiger partial charge in [0.1, 0.15) is 5.82 Å². The first kappa shape index (κ1) is 21.6. The number of benzene rings is 2. The zero-order chi connectivity index (χ0) is 22.7. The second-order valence-corrected chi connectivity index (χ2v) is 8.41. The molecule has 0 atom stereocenters. The van der Waals surface area contributed by atoms with E-state index in [0.29, 0.717) is 32.1 Å². The van der Waals surface area contributed by atoms with Crippen LogP contribution in [0.2, 0.25) is 0 Å². The maximum absolute atomic E-state index is 12.7. The molecule has 0 saturated carbocycles. The van der Waals surface area contributed by atoms with E-state index in [9.17, 15) is 4.79 Å². The van der Waals surface area contributed by atoms with Crippen molar-refractivity contribution in [1.82, 2.24) is 14.9 Å². The van der Waals surface area contributed by atoms with Crippen LogP contribution >= 0.6 is 0 Å². The number of carbonyl (C=O) groups is 1. The molecule has 166 valence electrons. The highest BCUT2D eigenvalue weighted by Gasteiger charge is 2.23. The average Bonchev–Trinajstić information content (AvgIpc) is 2.77. The molecule has 0 radical (unpaired) electrons. The lowest BCUT2D eigenvalue weighted by atomic mass is 10.1. The summed E-state index contributed by atoms with van der Waals surface area (Å²) >= 11 is 0. The summed E-state index contributed by atoms with van der Waals surface area (Å²) in [6.07, 6.45) is 0. The number of amides is 2. The molecule has 2 N–H and O–H groups in total. The number of hydrogen-bond donors (Lipinski definition) is 2. The Morgan fingerprint density at radius 3 is 2.22 bits per heavy atom. The van der Waals surface area contributed by atoms with Gasteiger partial charge < -0.3 is 20.4 Å². The summed E-state index contributed by atoms with van der Waals surface area (Å²) < 4.78 is 0. The maximum Gasteiger partial charge on any atom is 0.321 e. The zero-order valence-corrected chi connectivity index (χ0v) is 19.1. The Morgan fingerprint density at radius 1 is 0.844 bits per heavy atom. The van der Waals surface area contributed by atoms with Gasteiger partial charge in [-0.1, -0.05) is 35.4 Å². The molecule has 2 amide bonds. The molecule has 7 heteroatoms. The van der Waals surface area contributed by atoms with Crippen molar-refractivity contribution in [1.29, 1.82) is 0 Å². The van der Waals surface area contributed by atoms with Crippen LogP contribution in [0.1, 0.15) is 22.4 Å². The van der Waals surface area contributed by atoms with Gasteiger partial charge in [0, 0.05) is 49.3 Å². The largest absolute Gasteiger partial charge is 0.340 e. The monoisotopic (exact) mass is 430 g/mol. The molecule has 0 bridgehead atoms. The van der Waals surface area contributed by atoms with Gasteiger partial charge in [0.15, 0.2) is 0 Å². The standard InChI is InChI=1S/C25H30N6O/c1-17-5-8-21(9-6-17)27-23-16-20(4)26-24(29-23)30-11-13-31(14-12-30)25(32)28-22-10-7-18(2)15-19(22)3/h5-10,15-16H,11-14H2,1-4H3,(H,28,32)(H,26,27,29). The first-order valence-electron chi connectivity index (χ1n) is 10.9. The van der Waals surface area contributed by atoms with E-state index in [4.69, 9.17) is 4.98 Å². The Bertz CT molecular complexity index is 1100. The van der Waals surface area contributed by atoms with Crippen molar-refractivity contribution in [3.8, 4) is 0 Å². The van der Waals surface area contributed by atoms with E-state index >= 15 is 0 Å². The van der Waals surface area contributed by atoms with Gasteiger partial charge in [0.25, 0.3) is 0 Å². The Morgan fingerprint density at radius 2 is 1.53 bits per heavy atom. The maximum atomic E-state index is 12.7. The van der Waals surface area contributed by atoms with Crippen molar-refractivity contribution in [3.63, 3.8) is 0 Å². The van der Waals surface area contributed by atoms with Crippen LogP contribution in [0.3, 0.4) is 0 Å². The number of nitrogens with one attached hydrogen (secondary N) is 2. The van der Waals surface area contributed by atoms with Gasteiger partial charge in [-0.15, -0.1) is 0 Å². The number of nitrogens with zero attached hydrogens (tertiary/aromatic N) is 4. The van der Waals surface area contributed by atoms with Gasteiger partial charge >= 0.3 is 6.03 Å². The Balaban J connectivity index is 1.38. The Labute approximate surface area is 189 Å². The molecule has 0 unspecified atom stereocenters. The Kier molecular flexibility index (Phi) is 6.25. The first-order valence-corrected chi connectivity index (χ1v) is 10.9. The molecule has 1 aliphatic rings. The average molecular weight is 431 g/mol. The molecule has 0 spiro atoms. The lowest BCUT2D eigenvalue weighted by Gasteiger charge is -2.35. The summed E-state index contributed by atoms with van der Waals surface area (Å²) in [6, 6.07) is 16.1. The van der Waals surface area contributed by atoms with Crippen LogP contribution in [0.4, 0.5) is 27.9 Å². The molecule has 1 fully saturated rings. The van der Waals surface area contributed by atoms with Gasteiger partial charge in [0.2, 0.25) is 5.95 Å². The molecule has 3 aromatic rings. The van der Waals surface area contributed by atoms with Crippen molar-refractivity contribution >= 4 is 29.2 Å². The van der Waals surface area contributed by atoms with E-state index in [1.807, 2.05) is 56.0 Å². The molecule has 32 heavy (non-hydrogen) atoms. The molecule has 2 heterocycles. The second kappa shape index (κ2) is 9.26. The molecule has 1 aromatic heterocycles. The smallest absolute Gasteiger partial charge is 0.321 e. The fourth-order valence-corrected chi connectivity index (χ4v) is 3.80. The number of piperazine rings is 1. The summed E-state index contributed by atoms with van der Waals surface area (Å²) in [4.78, 5) is 26.1. The lowest BCUT2D eigenvalue weighted by molar-refractivity contribution is 0.208. The minimum atomic E-state index is -0.0662. The molecule has 1 saturated heterocycles. The van der Waals surface area contributed by atoms with Gasteiger partial charge in [-0.05, 0) is 51.5 Å². The summed E-state index contributed by atoms with van der Waals surface area (Å²) in [5.41, 5.74) is 6.22. The molecule has 2 aromatic carbocycles. The highest BCUT2D eigenvalue weighted by Crippen LogP contribution is 2.21. The van der Waals surface area contributed by atoms with E-state index in [2.05, 4.69) is 45.6 Å². The topological polar surface area (TPSA) is 73.4 Å². The minimum Gasteiger partial charge on any atom is -0.340 e. The third kappa shape index (κ3) is 5.17. The Hall–Kier alpha value is -3.61. The van der Waals surface area contributed by atoms with E-state index < -0.39 is 0 Å². The molecule has 4 rings (SSSR count). The number of anilines is 4. The van der Waals surface area contributed by atoms with Crippen molar-refractivity contribution in [2.75, 3.05) is 41.7 Å².